The second-order valence-electron chi connectivity index (χ2n) is 2.81. The minimum atomic E-state index is -0.00643. The van der Waals surface area contributed by atoms with E-state index < -0.39 is 0 Å². The van der Waals surface area contributed by atoms with Crippen LogP contribution >= 0.6 is 45.2 Å². The zero-order chi connectivity index (χ0) is 10.1. The summed E-state index contributed by atoms with van der Waals surface area (Å²) in [5.41, 5.74) is 0. The Morgan fingerprint density at radius 2 is 1.86 bits per heavy atom. The fraction of sp³-hybridized carbons (Fsp3) is 0. The molecule has 0 amide bonds. The van der Waals surface area contributed by atoms with Crippen molar-refractivity contribution >= 4 is 95.1 Å². The molecule has 0 aliphatic heterocycles. The molecule has 0 heterocycles. The molecular weight excluding hydrogens is 629 g/mol. The summed E-state index contributed by atoms with van der Waals surface area (Å²) in [6.07, 6.45) is 0. The van der Waals surface area contributed by atoms with Crippen molar-refractivity contribution in [2.45, 2.75) is 0 Å². The van der Waals surface area contributed by atoms with Gasteiger partial charge in [-0.05, 0) is 0 Å². The fourth-order valence-electron chi connectivity index (χ4n) is 1.34. The molecule has 0 spiro atoms. The number of hydrogen-bond acceptors (Lipinski definition) is 0. The van der Waals surface area contributed by atoms with Gasteiger partial charge in [0, 0.05) is 0 Å². The molecule has 2 rings (SSSR count). The summed E-state index contributed by atoms with van der Waals surface area (Å²) in [5, 5.41) is 2.85. The van der Waals surface area contributed by atoms with E-state index in [1.807, 2.05) is 0 Å². The topological polar surface area (TPSA) is 0 Å². The van der Waals surface area contributed by atoms with Gasteiger partial charge in [-0.2, -0.15) is 0 Å². The van der Waals surface area contributed by atoms with Crippen molar-refractivity contribution < 1.29 is 0 Å². The minimum absolute atomic E-state index is 0.00643. The van der Waals surface area contributed by atoms with Crippen LogP contribution in [0.25, 0.3) is 10.8 Å². The van der Waals surface area contributed by atoms with E-state index in [0.717, 1.165) is 0 Å². The third-order valence-corrected chi connectivity index (χ3v) is 11.0. The third kappa shape index (κ3) is 2.36. The van der Waals surface area contributed by atoms with Crippen molar-refractivity contribution in [3.63, 3.8) is 0 Å². The van der Waals surface area contributed by atoms with Gasteiger partial charge in [0.25, 0.3) is 0 Å². The van der Waals surface area contributed by atoms with Gasteiger partial charge in [-0.3, -0.25) is 0 Å². The van der Waals surface area contributed by atoms with E-state index in [9.17, 15) is 0 Å². The van der Waals surface area contributed by atoms with Gasteiger partial charge in [-0.25, -0.2) is 0 Å². The van der Waals surface area contributed by atoms with Crippen molar-refractivity contribution in [2.75, 3.05) is 0 Å². The van der Waals surface area contributed by atoms with E-state index in [1.54, 1.807) is 3.61 Å². The van der Waals surface area contributed by atoms with Crippen LogP contribution in [0, 0.1) is 7.14 Å². The monoisotopic (exact) mass is 639 g/mol. The zero-order valence-electron chi connectivity index (χ0n) is 6.96. The van der Waals surface area contributed by atoms with Crippen molar-refractivity contribution in [1.29, 1.82) is 0 Å². The van der Waals surface area contributed by atoms with E-state index in [4.69, 9.17) is 0 Å². The molecule has 0 fully saturated rings. The Morgan fingerprint density at radius 1 is 1.14 bits per heavy atom. The van der Waals surface area contributed by atoms with E-state index in [0.29, 0.717) is 0 Å². The molecule has 14 heavy (non-hydrogen) atoms. The summed E-state index contributed by atoms with van der Waals surface area (Å²) in [5.74, 6) is 0. The first kappa shape index (κ1) is 12.2. The first-order chi connectivity index (χ1) is 6.74. The van der Waals surface area contributed by atoms with Crippen molar-refractivity contribution in [1.82, 2.24) is 0 Å². The van der Waals surface area contributed by atoms with Crippen LogP contribution < -0.4 is 3.61 Å². The van der Waals surface area contributed by atoms with Crippen LogP contribution in [0.1, 0.15) is 0 Å². The third-order valence-electron chi connectivity index (χ3n) is 1.98. The van der Waals surface area contributed by atoms with Gasteiger partial charge >= 0.3 is 133 Å². The molecule has 71 valence electrons. The Balaban J connectivity index is 2.89. The Hall–Kier alpha value is 1.74. The molecule has 0 N–H and O–H groups in total. The van der Waals surface area contributed by atoms with Crippen LogP contribution in [-0.4, -0.2) is 35.5 Å². The maximum absolute atomic E-state index is 2.48. The van der Waals surface area contributed by atoms with Crippen LogP contribution in [0.4, 0.5) is 0 Å². The summed E-state index contributed by atoms with van der Waals surface area (Å²) in [6.45, 7) is 0. The predicted molar refractivity (Wildman–Crippen MR) is 80.5 cm³/mol. The second-order valence-corrected chi connectivity index (χ2v) is 9.88. The number of halogens is 2. The summed E-state index contributed by atoms with van der Waals surface area (Å²) in [7, 11) is 0. The molecule has 0 unspecified atom stereocenters. The van der Waals surface area contributed by atoms with Crippen LogP contribution in [0.3, 0.4) is 0 Å². The molecule has 1 radical (unpaired) electrons. The van der Waals surface area contributed by atoms with E-state index in [-0.39, 0.29) is 17.1 Å². The maximum atomic E-state index is 2.48. The van der Waals surface area contributed by atoms with E-state index in [1.165, 1.54) is 17.9 Å². The molecule has 0 saturated carbocycles. The number of benzene rings is 2. The van der Waals surface area contributed by atoms with E-state index >= 15 is 0 Å². The Labute approximate surface area is 130 Å². The van der Waals surface area contributed by atoms with Crippen molar-refractivity contribution in [3.8, 4) is 0 Å². The van der Waals surface area contributed by atoms with Gasteiger partial charge in [0.2, 0.25) is 0 Å². The van der Waals surface area contributed by atoms with Gasteiger partial charge in [0.05, 0.1) is 0 Å². The van der Waals surface area contributed by atoms with E-state index in [2.05, 4.69) is 93.9 Å². The molecule has 0 nitrogen and oxygen atoms in total. The quantitative estimate of drug-likeness (QED) is 0.335. The molecule has 0 aliphatic rings. The van der Waals surface area contributed by atoms with Gasteiger partial charge in [-0.1, -0.05) is 0 Å². The molecule has 0 aliphatic carbocycles. The normalized spacial score (nSPS) is 10.8. The fourth-order valence-corrected chi connectivity index (χ4v) is 11.4. The molecule has 4 heteroatoms. The standard InChI is InChI=1S/C10H5I2Te2/c11-8-5-6-3-1-2-4-7(6)10(14-13)9(8)12/h1-5H. The molecule has 2 aromatic carbocycles. The van der Waals surface area contributed by atoms with Crippen molar-refractivity contribution in [3.05, 3.63) is 37.5 Å². The van der Waals surface area contributed by atoms with Gasteiger partial charge in [0.15, 0.2) is 0 Å². The summed E-state index contributed by atoms with van der Waals surface area (Å²) in [4.78, 5) is 0. The molecule has 0 saturated heterocycles. The average molecular weight is 634 g/mol. The Bertz CT molecular complexity index is 483. The van der Waals surface area contributed by atoms with Crippen LogP contribution in [0.15, 0.2) is 30.3 Å². The summed E-state index contributed by atoms with van der Waals surface area (Å²) < 4.78 is 4.48. The first-order valence-electron chi connectivity index (χ1n) is 3.90. The SMILES string of the molecule is [Te][Te]c1c(I)c(I)cc2ccccc12. The van der Waals surface area contributed by atoms with Crippen LogP contribution in [0.2, 0.25) is 0 Å². The first-order valence-corrected chi connectivity index (χ1v) is 14.6. The molecule has 0 atom stereocenters. The molecular formula is C10H5I2Te2. The van der Waals surface area contributed by atoms with Gasteiger partial charge in [-0.15, -0.1) is 0 Å². The van der Waals surface area contributed by atoms with Gasteiger partial charge < -0.3 is 0 Å². The van der Waals surface area contributed by atoms with Gasteiger partial charge in [0.1, 0.15) is 0 Å². The number of fused-ring (bicyclic) bond motifs is 1. The van der Waals surface area contributed by atoms with Crippen LogP contribution in [-0.2, 0) is 0 Å². The number of rotatable bonds is 1. The summed E-state index contributed by atoms with van der Waals surface area (Å²) >= 11 is 7.19. The molecule has 0 bridgehead atoms. The zero-order valence-corrected chi connectivity index (χ0v) is 15.9. The number of hydrogen-bond donors (Lipinski definition) is 0. The summed E-state index contributed by atoms with van der Waals surface area (Å²) in [6, 6.07) is 11.0. The predicted octanol–water partition coefficient (Wildman–Crippen LogP) is 2.46. The molecule has 0 aromatic heterocycles. The molecule has 2 aromatic rings. The Kier molecular flexibility index (Phi) is 4.69. The second kappa shape index (κ2) is 5.38. The average Bonchev–Trinajstić information content (AvgIpc) is 2.20. The van der Waals surface area contributed by atoms with Crippen LogP contribution in [0.5, 0.6) is 0 Å². The Morgan fingerprint density at radius 3 is 2.57 bits per heavy atom. The van der Waals surface area contributed by atoms with Crippen molar-refractivity contribution in [2.24, 2.45) is 0 Å².